The molecule has 0 bridgehead atoms. The first kappa shape index (κ1) is 8.01. The molecule has 1 unspecified atom stereocenters. The maximum atomic E-state index is 10.7. The fourth-order valence-corrected chi connectivity index (χ4v) is 2.04. The third kappa shape index (κ3) is 1.95. The van der Waals surface area contributed by atoms with E-state index < -0.39 is 9.84 Å². The van der Waals surface area contributed by atoms with Crippen LogP contribution in [0.5, 0.6) is 0 Å². The highest BCUT2D eigenvalue weighted by molar-refractivity contribution is 7.93. The summed E-state index contributed by atoms with van der Waals surface area (Å²) < 4.78 is 26.4. The zero-order valence-electron chi connectivity index (χ0n) is 5.83. The van der Waals surface area contributed by atoms with Crippen LogP contribution in [0.3, 0.4) is 0 Å². The molecule has 58 valence electrons. The predicted octanol–water partition coefficient (Wildman–Crippen LogP) is 0.249. The van der Waals surface area contributed by atoms with Crippen LogP contribution in [-0.2, 0) is 14.6 Å². The molecule has 1 aliphatic heterocycles. The minimum Gasteiger partial charge on any atom is -0.381 e. The Morgan fingerprint density at radius 3 is 2.70 bits per heavy atom. The van der Waals surface area contributed by atoms with Crippen LogP contribution in [0.2, 0.25) is 0 Å². The lowest BCUT2D eigenvalue weighted by Gasteiger charge is -2.18. The van der Waals surface area contributed by atoms with Crippen molar-refractivity contribution in [1.82, 2.24) is 0 Å². The molecule has 0 N–H and O–H groups in total. The van der Waals surface area contributed by atoms with Gasteiger partial charge >= 0.3 is 0 Å². The summed E-state index contributed by atoms with van der Waals surface area (Å²) in [5.74, 6) is 2.59. The summed E-state index contributed by atoms with van der Waals surface area (Å²) in [6.07, 6.45) is 1.08. The molecule has 0 aromatic rings. The van der Waals surface area contributed by atoms with Crippen LogP contribution in [0, 0.1) is 5.75 Å². The molecular weight excluding hydrogens is 152 g/mol. The van der Waals surface area contributed by atoms with Gasteiger partial charge in [0.25, 0.3) is 0 Å². The van der Waals surface area contributed by atoms with E-state index in [9.17, 15) is 8.42 Å². The van der Waals surface area contributed by atoms with E-state index in [1.54, 1.807) is 7.11 Å². The first-order valence-corrected chi connectivity index (χ1v) is 4.79. The maximum absolute atomic E-state index is 10.7. The summed E-state index contributed by atoms with van der Waals surface area (Å²) in [5.41, 5.74) is 0. The molecule has 3 nitrogen and oxygen atoms in total. The van der Waals surface area contributed by atoms with Gasteiger partial charge in [-0.15, -0.1) is 0 Å². The van der Waals surface area contributed by atoms with Crippen LogP contribution in [0.15, 0.2) is 0 Å². The van der Waals surface area contributed by atoms with Crippen molar-refractivity contribution in [2.75, 3.05) is 12.9 Å². The molecule has 0 aromatic carbocycles. The van der Waals surface area contributed by atoms with Gasteiger partial charge in [0.15, 0.2) is 9.84 Å². The van der Waals surface area contributed by atoms with Crippen molar-refractivity contribution in [1.29, 1.82) is 0 Å². The van der Waals surface area contributed by atoms with Gasteiger partial charge in [-0.3, -0.25) is 0 Å². The molecule has 0 amide bonds. The molecule has 0 aliphatic carbocycles. The second kappa shape index (κ2) is 2.88. The molecule has 0 spiro atoms. The summed E-state index contributed by atoms with van der Waals surface area (Å²) in [4.78, 5) is 0. The molecule has 1 heterocycles. The first-order valence-electron chi connectivity index (χ1n) is 3.14. The smallest absolute Gasteiger partial charge is 0.159 e. The topological polar surface area (TPSA) is 43.4 Å². The van der Waals surface area contributed by atoms with Gasteiger partial charge in [0.05, 0.1) is 11.9 Å². The van der Waals surface area contributed by atoms with Crippen LogP contribution in [0.4, 0.5) is 0 Å². The number of ether oxygens (including phenoxy) is 1. The summed E-state index contributed by atoms with van der Waals surface area (Å²) in [6.45, 7) is 0. The van der Waals surface area contributed by atoms with Gasteiger partial charge in [0, 0.05) is 7.11 Å². The van der Waals surface area contributed by atoms with Crippen LogP contribution in [0.25, 0.3) is 0 Å². The lowest BCUT2D eigenvalue weighted by molar-refractivity contribution is 0.0986. The van der Waals surface area contributed by atoms with Gasteiger partial charge in [-0.1, -0.05) is 0 Å². The lowest BCUT2D eigenvalue weighted by Crippen LogP contribution is -2.24. The fraction of sp³-hybridized carbons (Fsp3) is 0.833. The minimum atomic E-state index is -2.96. The molecule has 1 aliphatic rings. The fourth-order valence-electron chi connectivity index (χ4n) is 0.882. The third-order valence-corrected chi connectivity index (χ3v) is 2.95. The monoisotopic (exact) mass is 162 g/mol. The van der Waals surface area contributed by atoms with Crippen molar-refractivity contribution in [2.24, 2.45) is 0 Å². The normalized spacial score (nSPS) is 26.5. The van der Waals surface area contributed by atoms with Crippen molar-refractivity contribution in [3.63, 3.8) is 0 Å². The second-order valence-electron chi connectivity index (χ2n) is 2.31. The molecule has 1 atom stereocenters. The van der Waals surface area contributed by atoms with E-state index in [1.165, 1.54) is 0 Å². The van der Waals surface area contributed by atoms with Gasteiger partial charge < -0.3 is 4.74 Å². The Morgan fingerprint density at radius 2 is 2.30 bits per heavy atom. The number of methoxy groups -OCH3 is 1. The van der Waals surface area contributed by atoms with Crippen LogP contribution < -0.4 is 0 Å². The SMILES string of the molecule is COC1C[C]S(=O)(=O)CC1. The van der Waals surface area contributed by atoms with Crippen molar-refractivity contribution in [2.45, 2.75) is 18.9 Å². The van der Waals surface area contributed by atoms with E-state index >= 15 is 0 Å². The Kier molecular flexibility index (Phi) is 2.31. The predicted molar refractivity (Wildman–Crippen MR) is 37.1 cm³/mol. The van der Waals surface area contributed by atoms with Crippen LogP contribution in [0.1, 0.15) is 12.8 Å². The lowest BCUT2D eigenvalue weighted by atomic mass is 10.2. The summed E-state index contributed by atoms with van der Waals surface area (Å²) in [5, 5.41) is 0. The molecule has 1 saturated heterocycles. The average Bonchev–Trinajstić information content (AvgIpc) is 1.88. The van der Waals surface area contributed by atoms with Crippen molar-refractivity contribution in [3.8, 4) is 0 Å². The average molecular weight is 162 g/mol. The van der Waals surface area contributed by atoms with Gasteiger partial charge in [-0.25, -0.2) is 8.42 Å². The Bertz CT molecular complexity index is 181. The third-order valence-electron chi connectivity index (χ3n) is 1.57. The maximum Gasteiger partial charge on any atom is 0.159 e. The summed E-state index contributed by atoms with van der Waals surface area (Å²) >= 11 is 0. The van der Waals surface area contributed by atoms with Crippen molar-refractivity contribution >= 4 is 9.84 Å². The molecular formula is C6H10O3S. The Hall–Kier alpha value is -0.0900. The molecule has 1 rings (SSSR count). The van der Waals surface area contributed by atoms with Crippen LogP contribution in [-0.4, -0.2) is 27.4 Å². The largest absolute Gasteiger partial charge is 0.381 e. The van der Waals surface area contributed by atoms with Gasteiger partial charge in [0.1, 0.15) is 5.75 Å². The van der Waals surface area contributed by atoms with E-state index in [2.05, 4.69) is 5.75 Å². The molecule has 4 heteroatoms. The van der Waals surface area contributed by atoms with E-state index in [-0.39, 0.29) is 11.9 Å². The second-order valence-corrected chi connectivity index (χ2v) is 4.24. The Morgan fingerprint density at radius 1 is 1.60 bits per heavy atom. The van der Waals surface area contributed by atoms with Crippen LogP contribution >= 0.6 is 0 Å². The number of rotatable bonds is 1. The zero-order chi connectivity index (χ0) is 7.61. The zero-order valence-corrected chi connectivity index (χ0v) is 6.65. The highest BCUT2D eigenvalue weighted by atomic mass is 32.2. The number of hydrogen-bond acceptors (Lipinski definition) is 3. The first-order chi connectivity index (χ1) is 4.64. The molecule has 0 saturated carbocycles. The van der Waals surface area contributed by atoms with Gasteiger partial charge in [-0.05, 0) is 12.8 Å². The Balaban J connectivity index is 2.46. The number of sulfone groups is 1. The molecule has 2 radical (unpaired) electrons. The molecule has 10 heavy (non-hydrogen) atoms. The van der Waals surface area contributed by atoms with Crippen molar-refractivity contribution < 1.29 is 13.2 Å². The highest BCUT2D eigenvalue weighted by Crippen LogP contribution is 2.17. The van der Waals surface area contributed by atoms with Crippen molar-refractivity contribution in [3.05, 3.63) is 5.75 Å². The number of hydrogen-bond donors (Lipinski definition) is 0. The van der Waals surface area contributed by atoms with E-state index in [1.807, 2.05) is 0 Å². The van der Waals surface area contributed by atoms with E-state index in [0.717, 1.165) is 0 Å². The minimum absolute atomic E-state index is 0.0588. The molecule has 1 fully saturated rings. The Labute approximate surface area is 61.3 Å². The summed E-state index contributed by atoms with van der Waals surface area (Å²) in [6, 6.07) is 0. The van der Waals surface area contributed by atoms with Gasteiger partial charge in [-0.2, -0.15) is 0 Å². The standard InChI is InChI=1S/C6H10O3S/c1-9-6-2-4-10(7,8)5-3-6/h6H,2-4H2,1H3. The molecule has 0 aromatic heterocycles. The highest BCUT2D eigenvalue weighted by Gasteiger charge is 2.23. The van der Waals surface area contributed by atoms with E-state index in [4.69, 9.17) is 4.74 Å². The quantitative estimate of drug-likeness (QED) is 0.555. The van der Waals surface area contributed by atoms with E-state index in [0.29, 0.717) is 12.8 Å². The van der Waals surface area contributed by atoms with Gasteiger partial charge in [0.2, 0.25) is 0 Å². The summed E-state index contributed by atoms with van der Waals surface area (Å²) in [7, 11) is -1.37.